The van der Waals surface area contributed by atoms with Crippen LogP contribution in [-0.4, -0.2) is 31.6 Å². The molecule has 1 saturated heterocycles. The lowest BCUT2D eigenvalue weighted by Gasteiger charge is -2.37. The largest absolute Gasteiger partial charge is 0.372 e. The number of halogens is 2. The molecule has 1 aliphatic heterocycles. The summed E-state index contributed by atoms with van der Waals surface area (Å²) in [5.41, 5.74) is 0.799. The van der Waals surface area contributed by atoms with E-state index >= 15 is 0 Å². The van der Waals surface area contributed by atoms with Crippen LogP contribution < -0.4 is 4.90 Å². The van der Waals surface area contributed by atoms with Crippen molar-refractivity contribution in [3.8, 4) is 0 Å². The normalized spacial score (nSPS) is 24.1. The molecule has 0 spiro atoms. The summed E-state index contributed by atoms with van der Waals surface area (Å²) in [5, 5.41) is 0. The first-order valence-electron chi connectivity index (χ1n) is 5.86. The van der Waals surface area contributed by atoms with Crippen LogP contribution in [0.1, 0.15) is 24.2 Å². The highest BCUT2D eigenvalue weighted by atomic mass is 127. The van der Waals surface area contributed by atoms with Gasteiger partial charge in [0, 0.05) is 22.2 Å². The molecule has 98 valence electrons. The van der Waals surface area contributed by atoms with Gasteiger partial charge in [-0.05, 0) is 48.6 Å². The number of carbonyl (C=O) groups is 1. The van der Waals surface area contributed by atoms with E-state index in [4.69, 9.17) is 4.74 Å². The quantitative estimate of drug-likeness (QED) is 0.598. The molecule has 0 aliphatic carbocycles. The second-order valence-electron chi connectivity index (χ2n) is 4.61. The fourth-order valence-corrected chi connectivity index (χ4v) is 2.98. The van der Waals surface area contributed by atoms with Gasteiger partial charge in [-0.1, -0.05) is 0 Å². The lowest BCUT2D eigenvalue weighted by atomic mass is 10.1. The molecule has 0 N–H and O–H groups in total. The van der Waals surface area contributed by atoms with Crippen LogP contribution in [0, 0.1) is 9.39 Å². The molecule has 0 unspecified atom stereocenters. The first kappa shape index (κ1) is 13.7. The van der Waals surface area contributed by atoms with Crippen molar-refractivity contribution in [1.82, 2.24) is 0 Å². The predicted molar refractivity (Wildman–Crippen MR) is 76.7 cm³/mol. The van der Waals surface area contributed by atoms with Gasteiger partial charge in [0.25, 0.3) is 0 Å². The number of nitrogens with zero attached hydrogens (tertiary/aromatic N) is 1. The monoisotopic (exact) mass is 363 g/mol. The van der Waals surface area contributed by atoms with Crippen LogP contribution in [0.4, 0.5) is 10.1 Å². The number of ether oxygens (including phenoxy) is 1. The fraction of sp³-hybridized carbons (Fsp3) is 0.462. The molecule has 1 aromatic rings. The van der Waals surface area contributed by atoms with Crippen molar-refractivity contribution in [2.75, 3.05) is 18.0 Å². The van der Waals surface area contributed by atoms with E-state index in [9.17, 15) is 9.18 Å². The topological polar surface area (TPSA) is 29.5 Å². The predicted octanol–water partition coefficient (Wildman–Crippen LogP) is 2.86. The summed E-state index contributed by atoms with van der Waals surface area (Å²) in [6.07, 6.45) is 0.782. The number of aldehydes is 1. The summed E-state index contributed by atoms with van der Waals surface area (Å²) in [6, 6.07) is 3.16. The van der Waals surface area contributed by atoms with E-state index in [2.05, 4.69) is 0 Å². The van der Waals surface area contributed by atoms with Gasteiger partial charge >= 0.3 is 0 Å². The van der Waals surface area contributed by atoms with E-state index < -0.39 is 0 Å². The molecule has 3 nitrogen and oxygen atoms in total. The van der Waals surface area contributed by atoms with Crippen LogP contribution >= 0.6 is 22.6 Å². The minimum Gasteiger partial charge on any atom is -0.372 e. The van der Waals surface area contributed by atoms with E-state index in [1.165, 1.54) is 6.07 Å². The Morgan fingerprint density at radius 1 is 1.39 bits per heavy atom. The summed E-state index contributed by atoms with van der Waals surface area (Å²) in [4.78, 5) is 13.0. The maximum Gasteiger partial charge on any atom is 0.152 e. The van der Waals surface area contributed by atoms with E-state index in [0.29, 0.717) is 30.6 Å². The number of carbonyl (C=O) groups excluding carboxylic acids is 1. The maximum atomic E-state index is 14.1. The van der Waals surface area contributed by atoms with E-state index in [-0.39, 0.29) is 18.0 Å². The average Bonchev–Trinajstić information content (AvgIpc) is 2.26. The number of morpholine rings is 1. The van der Waals surface area contributed by atoms with Crippen LogP contribution in [0.2, 0.25) is 0 Å². The minimum atomic E-state index is -0.342. The van der Waals surface area contributed by atoms with Crippen LogP contribution in [-0.2, 0) is 4.74 Å². The van der Waals surface area contributed by atoms with E-state index in [0.717, 1.165) is 3.57 Å². The minimum absolute atomic E-state index is 0.0342. The van der Waals surface area contributed by atoms with Crippen LogP contribution in [0.3, 0.4) is 0 Å². The molecule has 2 rings (SSSR count). The summed E-state index contributed by atoms with van der Waals surface area (Å²) in [6.45, 7) is 5.10. The molecule has 1 aromatic carbocycles. The highest BCUT2D eigenvalue weighted by molar-refractivity contribution is 14.1. The first-order valence-corrected chi connectivity index (χ1v) is 6.93. The Morgan fingerprint density at radius 2 is 2.00 bits per heavy atom. The van der Waals surface area contributed by atoms with Crippen molar-refractivity contribution in [3.63, 3.8) is 0 Å². The van der Waals surface area contributed by atoms with Crippen LogP contribution in [0.15, 0.2) is 12.1 Å². The van der Waals surface area contributed by atoms with Gasteiger partial charge in [0.2, 0.25) is 0 Å². The molecule has 2 atom stereocenters. The highest BCUT2D eigenvalue weighted by Gasteiger charge is 2.26. The highest BCUT2D eigenvalue weighted by Crippen LogP contribution is 2.28. The van der Waals surface area contributed by atoms with Crippen molar-refractivity contribution in [3.05, 3.63) is 27.1 Å². The van der Waals surface area contributed by atoms with Crippen LogP contribution in [0.5, 0.6) is 0 Å². The van der Waals surface area contributed by atoms with E-state index in [1.54, 1.807) is 6.07 Å². The Kier molecular flexibility index (Phi) is 4.21. The Hall–Kier alpha value is -0.690. The zero-order chi connectivity index (χ0) is 13.3. The second-order valence-corrected chi connectivity index (χ2v) is 5.85. The average molecular weight is 363 g/mol. The Balaban J connectivity index is 2.40. The number of hydrogen-bond donors (Lipinski definition) is 0. The first-order chi connectivity index (χ1) is 8.51. The molecular formula is C13H15FINO2. The summed E-state index contributed by atoms with van der Waals surface area (Å²) < 4.78 is 20.4. The summed E-state index contributed by atoms with van der Waals surface area (Å²) in [5.74, 6) is -0.342. The molecule has 0 radical (unpaired) electrons. The van der Waals surface area contributed by atoms with Gasteiger partial charge in [-0.3, -0.25) is 4.79 Å². The van der Waals surface area contributed by atoms with Crippen molar-refractivity contribution in [2.45, 2.75) is 26.1 Å². The van der Waals surface area contributed by atoms with Gasteiger partial charge in [0.1, 0.15) is 5.82 Å². The van der Waals surface area contributed by atoms with Gasteiger partial charge < -0.3 is 9.64 Å². The SMILES string of the molecule is C[C@@H]1CN(c2c(F)cc(I)cc2C=O)C[C@H](C)O1. The standard InChI is InChI=1S/C13H15FINO2/c1-8-5-16(6-9(2)18-8)13-10(7-17)3-11(15)4-12(13)14/h3-4,7-9H,5-6H2,1-2H3/t8-,9+. The molecule has 1 heterocycles. The summed E-state index contributed by atoms with van der Waals surface area (Å²) >= 11 is 2.01. The second kappa shape index (κ2) is 5.52. The molecule has 5 heteroatoms. The molecule has 1 fully saturated rings. The van der Waals surface area contributed by atoms with E-state index in [1.807, 2.05) is 41.3 Å². The number of rotatable bonds is 2. The van der Waals surface area contributed by atoms with Crippen molar-refractivity contribution < 1.29 is 13.9 Å². The van der Waals surface area contributed by atoms with Gasteiger partial charge in [-0.2, -0.15) is 0 Å². The lowest BCUT2D eigenvalue weighted by molar-refractivity contribution is -0.00543. The van der Waals surface area contributed by atoms with Crippen molar-refractivity contribution in [2.24, 2.45) is 0 Å². The molecule has 1 aliphatic rings. The number of anilines is 1. The van der Waals surface area contributed by atoms with Gasteiger partial charge in [0.05, 0.1) is 17.9 Å². The molecule has 18 heavy (non-hydrogen) atoms. The lowest BCUT2D eigenvalue weighted by Crippen LogP contribution is -2.46. The molecular weight excluding hydrogens is 348 g/mol. The van der Waals surface area contributed by atoms with Crippen molar-refractivity contribution >= 4 is 34.6 Å². The van der Waals surface area contributed by atoms with Gasteiger partial charge in [-0.25, -0.2) is 4.39 Å². The third kappa shape index (κ3) is 2.83. The van der Waals surface area contributed by atoms with Crippen LogP contribution in [0.25, 0.3) is 0 Å². The smallest absolute Gasteiger partial charge is 0.152 e. The molecule has 0 saturated carbocycles. The maximum absolute atomic E-state index is 14.1. The third-order valence-electron chi connectivity index (χ3n) is 2.92. The molecule has 0 aromatic heterocycles. The zero-order valence-electron chi connectivity index (χ0n) is 10.3. The zero-order valence-corrected chi connectivity index (χ0v) is 12.5. The van der Waals surface area contributed by atoms with Gasteiger partial charge in [0.15, 0.2) is 6.29 Å². The number of benzene rings is 1. The third-order valence-corrected chi connectivity index (χ3v) is 3.54. The molecule has 0 amide bonds. The Bertz CT molecular complexity index is 457. The Labute approximate surface area is 119 Å². The Morgan fingerprint density at radius 3 is 2.56 bits per heavy atom. The number of hydrogen-bond acceptors (Lipinski definition) is 3. The van der Waals surface area contributed by atoms with Crippen molar-refractivity contribution in [1.29, 1.82) is 0 Å². The molecule has 0 bridgehead atoms. The summed E-state index contributed by atoms with van der Waals surface area (Å²) in [7, 11) is 0. The van der Waals surface area contributed by atoms with Gasteiger partial charge in [-0.15, -0.1) is 0 Å². The fourth-order valence-electron chi connectivity index (χ4n) is 2.37.